The fourth-order valence-electron chi connectivity index (χ4n) is 3.09. The van der Waals surface area contributed by atoms with Gasteiger partial charge in [-0.1, -0.05) is 13.8 Å². The third-order valence-corrected chi connectivity index (χ3v) is 4.60. The molecule has 1 amide bonds. The van der Waals surface area contributed by atoms with Gasteiger partial charge in [-0.25, -0.2) is 0 Å². The van der Waals surface area contributed by atoms with Crippen molar-refractivity contribution in [3.63, 3.8) is 0 Å². The summed E-state index contributed by atoms with van der Waals surface area (Å²) >= 11 is 0. The first-order valence-corrected chi connectivity index (χ1v) is 8.04. The van der Waals surface area contributed by atoms with Crippen LogP contribution in [-0.4, -0.2) is 61.0 Å². The molecule has 4 nitrogen and oxygen atoms in total. The largest absolute Gasteiger partial charge is 0.355 e. The number of nitrogens with zero attached hydrogens (tertiary/aromatic N) is 2. The van der Waals surface area contributed by atoms with Crippen LogP contribution in [0.5, 0.6) is 0 Å². The normalized spacial score (nSPS) is 21.9. The molecule has 118 valence electrons. The maximum absolute atomic E-state index is 12.4. The van der Waals surface area contributed by atoms with Crippen LogP contribution in [0.4, 0.5) is 0 Å². The minimum atomic E-state index is -0.0312. The van der Waals surface area contributed by atoms with Gasteiger partial charge in [0.1, 0.15) is 0 Å². The van der Waals surface area contributed by atoms with Gasteiger partial charge in [0, 0.05) is 18.6 Å². The van der Waals surface area contributed by atoms with Gasteiger partial charge in [-0.3, -0.25) is 9.69 Å². The molecular formula is C16H33N3O. The van der Waals surface area contributed by atoms with Gasteiger partial charge in [-0.05, 0) is 59.7 Å². The zero-order valence-electron chi connectivity index (χ0n) is 14.1. The summed E-state index contributed by atoms with van der Waals surface area (Å²) in [6.07, 6.45) is 3.63. The maximum atomic E-state index is 12.4. The molecule has 2 atom stereocenters. The van der Waals surface area contributed by atoms with E-state index in [0.717, 1.165) is 13.0 Å². The molecule has 1 rings (SSSR count). The fraction of sp³-hybridized carbons (Fsp3) is 0.938. The summed E-state index contributed by atoms with van der Waals surface area (Å²) in [5, 5.41) is 3.14. The molecule has 20 heavy (non-hydrogen) atoms. The number of nitrogens with one attached hydrogen (secondary N) is 1. The monoisotopic (exact) mass is 283 g/mol. The highest BCUT2D eigenvalue weighted by molar-refractivity contribution is 5.82. The lowest BCUT2D eigenvalue weighted by molar-refractivity contribution is -0.128. The van der Waals surface area contributed by atoms with Crippen LogP contribution in [0.25, 0.3) is 0 Å². The number of likely N-dealkylation sites (N-methyl/N-ethyl adjacent to an activating group) is 1. The number of carbonyl (C=O) groups is 1. The molecule has 0 aromatic carbocycles. The highest BCUT2D eigenvalue weighted by atomic mass is 16.2. The summed E-state index contributed by atoms with van der Waals surface area (Å²) in [7, 11) is 4.22. The van der Waals surface area contributed by atoms with Crippen molar-refractivity contribution < 1.29 is 4.79 Å². The van der Waals surface area contributed by atoms with Gasteiger partial charge in [0.15, 0.2) is 0 Å². The van der Waals surface area contributed by atoms with Gasteiger partial charge in [0.25, 0.3) is 0 Å². The Balaban J connectivity index is 2.42. The van der Waals surface area contributed by atoms with E-state index in [4.69, 9.17) is 0 Å². The van der Waals surface area contributed by atoms with Crippen LogP contribution in [-0.2, 0) is 4.79 Å². The van der Waals surface area contributed by atoms with E-state index in [1.807, 2.05) is 7.05 Å². The Hall–Kier alpha value is -0.610. The standard InChI is InChI=1S/C16H33N3O/c1-12(2)15(19(6)13(3)4)16(20)17-10-9-14-8-7-11-18(14)5/h12-15H,7-11H2,1-6H3,(H,17,20). The first-order chi connectivity index (χ1) is 9.34. The summed E-state index contributed by atoms with van der Waals surface area (Å²) in [5.74, 6) is 0.508. The molecule has 1 saturated heterocycles. The van der Waals surface area contributed by atoms with Crippen molar-refractivity contribution in [2.75, 3.05) is 27.2 Å². The van der Waals surface area contributed by atoms with Gasteiger partial charge in [0.2, 0.25) is 5.91 Å². The van der Waals surface area contributed by atoms with Gasteiger partial charge in [-0.2, -0.15) is 0 Å². The highest BCUT2D eigenvalue weighted by Crippen LogP contribution is 2.17. The number of likely N-dealkylation sites (tertiary alicyclic amines) is 1. The fourth-order valence-corrected chi connectivity index (χ4v) is 3.09. The molecule has 1 aliphatic rings. The number of amides is 1. The van der Waals surface area contributed by atoms with Crippen molar-refractivity contribution in [1.82, 2.24) is 15.1 Å². The molecular weight excluding hydrogens is 250 g/mol. The average molecular weight is 283 g/mol. The Morgan fingerprint density at radius 3 is 2.45 bits per heavy atom. The molecule has 0 aromatic heterocycles. The SMILES string of the molecule is CC(C)C(C(=O)NCCC1CCCN1C)N(C)C(C)C. The molecule has 1 heterocycles. The minimum Gasteiger partial charge on any atom is -0.355 e. The first-order valence-electron chi connectivity index (χ1n) is 8.04. The molecule has 1 aliphatic heterocycles. The van der Waals surface area contributed by atoms with Crippen molar-refractivity contribution in [2.24, 2.45) is 5.92 Å². The molecule has 4 heteroatoms. The second-order valence-corrected chi connectivity index (χ2v) is 6.80. The molecule has 1 N–H and O–H groups in total. The van der Waals surface area contributed by atoms with E-state index in [-0.39, 0.29) is 11.9 Å². The van der Waals surface area contributed by atoms with E-state index in [9.17, 15) is 4.79 Å². The molecule has 2 unspecified atom stereocenters. The smallest absolute Gasteiger partial charge is 0.237 e. The summed E-state index contributed by atoms with van der Waals surface area (Å²) in [6.45, 7) is 10.5. The number of carbonyl (C=O) groups excluding carboxylic acids is 1. The Labute approximate surface area is 124 Å². The van der Waals surface area contributed by atoms with Crippen LogP contribution >= 0.6 is 0 Å². The maximum Gasteiger partial charge on any atom is 0.237 e. The zero-order chi connectivity index (χ0) is 15.3. The first kappa shape index (κ1) is 17.4. The van der Waals surface area contributed by atoms with Crippen molar-refractivity contribution in [3.05, 3.63) is 0 Å². The lowest BCUT2D eigenvalue weighted by atomic mass is 10.0. The zero-order valence-corrected chi connectivity index (χ0v) is 14.1. The Morgan fingerprint density at radius 2 is 2.00 bits per heavy atom. The van der Waals surface area contributed by atoms with E-state index in [1.165, 1.54) is 19.4 Å². The van der Waals surface area contributed by atoms with Crippen LogP contribution in [0.1, 0.15) is 47.0 Å². The third kappa shape index (κ3) is 4.74. The Kier molecular flexibility index (Phi) is 6.96. The lowest BCUT2D eigenvalue weighted by Gasteiger charge is -2.33. The second kappa shape index (κ2) is 7.99. The number of hydrogen-bond acceptors (Lipinski definition) is 3. The average Bonchev–Trinajstić information content (AvgIpc) is 2.74. The predicted octanol–water partition coefficient (Wildman–Crippen LogP) is 1.95. The van der Waals surface area contributed by atoms with Gasteiger partial charge < -0.3 is 10.2 Å². The van der Waals surface area contributed by atoms with Crippen LogP contribution in [0.3, 0.4) is 0 Å². The van der Waals surface area contributed by atoms with E-state index in [2.05, 4.69) is 49.9 Å². The topological polar surface area (TPSA) is 35.6 Å². The molecule has 0 bridgehead atoms. The number of rotatable bonds is 7. The van der Waals surface area contributed by atoms with Crippen LogP contribution in [0.15, 0.2) is 0 Å². The highest BCUT2D eigenvalue weighted by Gasteiger charge is 2.28. The van der Waals surface area contributed by atoms with Crippen LogP contribution < -0.4 is 5.32 Å². The second-order valence-electron chi connectivity index (χ2n) is 6.80. The quantitative estimate of drug-likeness (QED) is 0.776. The van der Waals surface area contributed by atoms with Crippen molar-refractivity contribution in [3.8, 4) is 0 Å². The molecule has 1 fully saturated rings. The van der Waals surface area contributed by atoms with Gasteiger partial charge in [0.05, 0.1) is 6.04 Å². The molecule has 0 aliphatic carbocycles. The van der Waals surface area contributed by atoms with E-state index >= 15 is 0 Å². The van der Waals surface area contributed by atoms with E-state index in [0.29, 0.717) is 18.0 Å². The van der Waals surface area contributed by atoms with E-state index < -0.39 is 0 Å². The molecule has 0 saturated carbocycles. The Bertz CT molecular complexity index is 304. The van der Waals surface area contributed by atoms with Gasteiger partial charge >= 0.3 is 0 Å². The summed E-state index contributed by atoms with van der Waals surface area (Å²) in [4.78, 5) is 17.0. The molecule has 0 aromatic rings. The predicted molar refractivity (Wildman–Crippen MR) is 84.8 cm³/mol. The van der Waals surface area contributed by atoms with Gasteiger partial charge in [-0.15, -0.1) is 0 Å². The number of hydrogen-bond donors (Lipinski definition) is 1. The van der Waals surface area contributed by atoms with E-state index in [1.54, 1.807) is 0 Å². The third-order valence-electron chi connectivity index (χ3n) is 4.60. The van der Waals surface area contributed by atoms with Crippen LogP contribution in [0.2, 0.25) is 0 Å². The van der Waals surface area contributed by atoms with Crippen LogP contribution in [0, 0.1) is 5.92 Å². The summed E-state index contributed by atoms with van der Waals surface area (Å²) in [5.41, 5.74) is 0. The molecule has 0 radical (unpaired) electrons. The molecule has 0 spiro atoms. The summed E-state index contributed by atoms with van der Waals surface area (Å²) < 4.78 is 0. The minimum absolute atomic E-state index is 0.0312. The lowest BCUT2D eigenvalue weighted by Crippen LogP contribution is -2.51. The van der Waals surface area contributed by atoms with Crippen molar-refractivity contribution >= 4 is 5.91 Å². The van der Waals surface area contributed by atoms with Crippen molar-refractivity contribution in [2.45, 2.75) is 65.1 Å². The van der Waals surface area contributed by atoms with Crippen molar-refractivity contribution in [1.29, 1.82) is 0 Å². The Morgan fingerprint density at radius 1 is 1.35 bits per heavy atom. The summed E-state index contributed by atoms with van der Waals surface area (Å²) in [6, 6.07) is 1.00.